The lowest BCUT2D eigenvalue weighted by molar-refractivity contribution is -0.152. The number of methoxy groups -OCH3 is 1. The zero-order chi connectivity index (χ0) is 11.7. The maximum Gasteiger partial charge on any atom is 0.337 e. The Morgan fingerprint density at radius 2 is 1.93 bits per heavy atom. The zero-order valence-corrected chi connectivity index (χ0v) is 8.19. The molecule has 0 aromatic rings. The van der Waals surface area contributed by atoms with Crippen molar-refractivity contribution in [3.63, 3.8) is 0 Å². The molecule has 0 radical (unpaired) electrons. The number of esters is 1. The molecule has 6 nitrogen and oxygen atoms in total. The second-order valence-corrected chi connectivity index (χ2v) is 2.37. The fourth-order valence-electron chi connectivity index (χ4n) is 0.211. The van der Waals surface area contributed by atoms with E-state index in [9.17, 15) is 9.59 Å². The first-order valence-electron chi connectivity index (χ1n) is 3.68. The second kappa shape index (κ2) is 8.21. The molecule has 0 saturated heterocycles. The van der Waals surface area contributed by atoms with E-state index in [0.717, 1.165) is 7.11 Å². The molecule has 0 heterocycles. The van der Waals surface area contributed by atoms with Gasteiger partial charge in [0.1, 0.15) is 0 Å². The number of hydrogen-bond donors (Lipinski definition) is 3. The molecular formula is C8H15NO5. The first-order chi connectivity index (χ1) is 6.36. The van der Waals surface area contributed by atoms with E-state index in [4.69, 9.17) is 15.9 Å². The molecule has 82 valence electrons. The van der Waals surface area contributed by atoms with Crippen LogP contribution in [0.3, 0.4) is 0 Å². The minimum absolute atomic E-state index is 0.398. The smallest absolute Gasteiger partial charge is 0.337 e. The van der Waals surface area contributed by atoms with Gasteiger partial charge >= 0.3 is 5.97 Å². The molecule has 0 aromatic carbocycles. The number of nitrogens with two attached hydrogens (primary N) is 1. The Morgan fingerprint density at radius 3 is 2.00 bits per heavy atom. The Balaban J connectivity index is 0. The minimum atomic E-state index is -1.39. The molecule has 0 saturated carbocycles. The van der Waals surface area contributed by atoms with Crippen LogP contribution in [-0.4, -0.2) is 41.9 Å². The van der Waals surface area contributed by atoms with Crippen molar-refractivity contribution in [1.29, 1.82) is 0 Å². The fraction of sp³-hybridized carbons (Fsp3) is 0.500. The lowest BCUT2D eigenvalue weighted by Gasteiger charge is -2.01. The summed E-state index contributed by atoms with van der Waals surface area (Å²) >= 11 is 0. The molecule has 0 fully saturated rings. The Kier molecular flexibility index (Phi) is 8.85. The molecule has 0 aliphatic heterocycles. The van der Waals surface area contributed by atoms with Gasteiger partial charge < -0.3 is 20.7 Å². The van der Waals surface area contributed by atoms with Crippen LogP contribution in [0, 0.1) is 0 Å². The molecule has 0 spiro atoms. The molecule has 0 aliphatic rings. The van der Waals surface area contributed by atoms with Crippen molar-refractivity contribution >= 4 is 11.9 Å². The number of carbonyl (C=O) groups excluding carboxylic acids is 2. The van der Waals surface area contributed by atoms with Gasteiger partial charge in [-0.3, -0.25) is 4.79 Å². The molecule has 1 amide bonds. The average Bonchev–Trinajstić information content (AvgIpc) is 2.16. The van der Waals surface area contributed by atoms with Crippen molar-refractivity contribution in [1.82, 2.24) is 0 Å². The Labute approximate surface area is 82.0 Å². The van der Waals surface area contributed by atoms with Gasteiger partial charge in [-0.05, 0) is 6.92 Å². The SMILES string of the molecule is C=C(C)C(N)=O.COC(=O)C(O)CO. The molecule has 6 heteroatoms. The number of hydrogen-bond acceptors (Lipinski definition) is 5. The van der Waals surface area contributed by atoms with E-state index < -0.39 is 24.6 Å². The van der Waals surface area contributed by atoms with E-state index in [1.807, 2.05) is 0 Å². The van der Waals surface area contributed by atoms with Gasteiger partial charge in [-0.2, -0.15) is 0 Å². The number of rotatable bonds is 3. The van der Waals surface area contributed by atoms with Crippen molar-refractivity contribution in [3.05, 3.63) is 12.2 Å². The van der Waals surface area contributed by atoms with Gasteiger partial charge in [-0.1, -0.05) is 6.58 Å². The molecule has 1 unspecified atom stereocenters. The van der Waals surface area contributed by atoms with Gasteiger partial charge in [0.05, 0.1) is 13.7 Å². The highest BCUT2D eigenvalue weighted by atomic mass is 16.5. The topological polar surface area (TPSA) is 110 Å². The number of ether oxygens (including phenoxy) is 1. The van der Waals surface area contributed by atoms with Crippen molar-refractivity contribution in [2.24, 2.45) is 5.73 Å². The van der Waals surface area contributed by atoms with Gasteiger partial charge in [0.25, 0.3) is 0 Å². The first-order valence-corrected chi connectivity index (χ1v) is 3.68. The second-order valence-electron chi connectivity index (χ2n) is 2.37. The van der Waals surface area contributed by atoms with Crippen LogP contribution in [0.25, 0.3) is 0 Å². The first kappa shape index (κ1) is 15.1. The number of aliphatic hydroxyl groups excluding tert-OH is 2. The molecule has 0 rings (SSSR count). The van der Waals surface area contributed by atoms with E-state index in [0.29, 0.717) is 5.57 Å². The maximum atomic E-state index is 10.1. The largest absolute Gasteiger partial charge is 0.467 e. The summed E-state index contributed by atoms with van der Waals surface area (Å²) < 4.78 is 4.05. The standard InChI is InChI=1S/C4H7NO.C4H8O4/c1-3(2)4(5)6;1-8-4(7)3(6)2-5/h1H2,2H3,(H2,5,6);3,5-6H,2H2,1H3. The van der Waals surface area contributed by atoms with E-state index in [1.165, 1.54) is 0 Å². The normalized spacial score (nSPS) is 10.6. The molecule has 0 aromatic heterocycles. The fourth-order valence-corrected chi connectivity index (χ4v) is 0.211. The third kappa shape index (κ3) is 8.69. The monoisotopic (exact) mass is 205 g/mol. The van der Waals surface area contributed by atoms with Gasteiger partial charge in [-0.15, -0.1) is 0 Å². The minimum Gasteiger partial charge on any atom is -0.467 e. The van der Waals surface area contributed by atoms with Crippen molar-refractivity contribution in [2.45, 2.75) is 13.0 Å². The molecule has 14 heavy (non-hydrogen) atoms. The third-order valence-corrected chi connectivity index (χ3v) is 1.07. The van der Waals surface area contributed by atoms with E-state index in [-0.39, 0.29) is 0 Å². The van der Waals surface area contributed by atoms with Crippen LogP contribution >= 0.6 is 0 Å². The van der Waals surface area contributed by atoms with E-state index in [1.54, 1.807) is 6.92 Å². The van der Waals surface area contributed by atoms with Crippen LogP contribution in [0.5, 0.6) is 0 Å². The van der Waals surface area contributed by atoms with E-state index in [2.05, 4.69) is 11.3 Å². The highest BCUT2D eigenvalue weighted by molar-refractivity contribution is 5.90. The molecule has 1 atom stereocenters. The van der Waals surface area contributed by atoms with E-state index >= 15 is 0 Å². The zero-order valence-electron chi connectivity index (χ0n) is 8.19. The van der Waals surface area contributed by atoms with Gasteiger partial charge in [0.15, 0.2) is 6.10 Å². The number of carbonyl (C=O) groups is 2. The highest BCUT2D eigenvalue weighted by Crippen LogP contribution is 1.82. The highest BCUT2D eigenvalue weighted by Gasteiger charge is 2.11. The predicted octanol–water partition coefficient (Wildman–Crippen LogP) is -1.44. The number of amides is 1. The Morgan fingerprint density at radius 1 is 1.57 bits per heavy atom. The van der Waals surface area contributed by atoms with Crippen molar-refractivity contribution < 1.29 is 24.5 Å². The summed E-state index contributed by atoms with van der Waals surface area (Å²) in [5, 5.41) is 16.5. The van der Waals surface area contributed by atoms with Crippen molar-refractivity contribution in [3.8, 4) is 0 Å². The third-order valence-electron chi connectivity index (χ3n) is 1.07. The van der Waals surface area contributed by atoms with Crippen molar-refractivity contribution in [2.75, 3.05) is 13.7 Å². The summed E-state index contributed by atoms with van der Waals surface area (Å²) in [6.45, 7) is 4.26. The van der Waals surface area contributed by atoms with Crippen LogP contribution < -0.4 is 5.73 Å². The lowest BCUT2D eigenvalue weighted by atomic mass is 10.3. The lowest BCUT2D eigenvalue weighted by Crippen LogP contribution is -2.25. The maximum absolute atomic E-state index is 10.1. The summed E-state index contributed by atoms with van der Waals surface area (Å²) in [6, 6.07) is 0. The summed E-state index contributed by atoms with van der Waals surface area (Å²) in [4.78, 5) is 19.9. The molecule has 0 aliphatic carbocycles. The van der Waals surface area contributed by atoms with Crippen LogP contribution in [0.2, 0.25) is 0 Å². The van der Waals surface area contributed by atoms with Gasteiger partial charge in [0, 0.05) is 5.57 Å². The summed E-state index contributed by atoms with van der Waals surface area (Å²) in [5.41, 5.74) is 5.09. The molecule has 0 bridgehead atoms. The van der Waals surface area contributed by atoms with Gasteiger partial charge in [0.2, 0.25) is 5.91 Å². The average molecular weight is 205 g/mol. The Hall–Kier alpha value is -1.40. The van der Waals surface area contributed by atoms with Crippen LogP contribution in [-0.2, 0) is 14.3 Å². The predicted molar refractivity (Wildman–Crippen MR) is 49.1 cm³/mol. The number of primary amides is 1. The Bertz CT molecular complexity index is 202. The van der Waals surface area contributed by atoms with Crippen LogP contribution in [0.15, 0.2) is 12.2 Å². The molecular weight excluding hydrogens is 190 g/mol. The summed E-state index contributed by atoms with van der Waals surface area (Å²) in [7, 11) is 1.14. The summed E-state index contributed by atoms with van der Waals surface area (Å²) in [6.07, 6.45) is -1.39. The quantitative estimate of drug-likeness (QED) is 0.386. The van der Waals surface area contributed by atoms with Crippen LogP contribution in [0.4, 0.5) is 0 Å². The summed E-state index contributed by atoms with van der Waals surface area (Å²) in [5.74, 6) is -1.25. The molecule has 4 N–H and O–H groups in total. The number of aliphatic hydroxyl groups is 2. The van der Waals surface area contributed by atoms with Crippen LogP contribution in [0.1, 0.15) is 6.92 Å². The van der Waals surface area contributed by atoms with Gasteiger partial charge in [-0.25, -0.2) is 4.79 Å².